The second-order valence-electron chi connectivity index (χ2n) is 11.7. The average molecular weight is 525 g/mol. The number of aryl methyl sites for hydroxylation is 3. The van der Waals surface area contributed by atoms with Crippen molar-refractivity contribution in [3.63, 3.8) is 0 Å². The zero-order valence-corrected chi connectivity index (χ0v) is 23.9. The first-order valence-corrected chi connectivity index (χ1v) is 14.7. The molecule has 4 N–H and O–H groups in total. The van der Waals surface area contributed by atoms with Gasteiger partial charge in [0, 0.05) is 18.8 Å². The van der Waals surface area contributed by atoms with Gasteiger partial charge in [0.15, 0.2) is 0 Å². The van der Waals surface area contributed by atoms with Gasteiger partial charge in [-0.3, -0.25) is 9.69 Å². The zero-order chi connectivity index (χ0) is 27.4. The third-order valence-electron chi connectivity index (χ3n) is 8.43. The van der Waals surface area contributed by atoms with E-state index in [-0.39, 0.29) is 11.9 Å². The lowest BCUT2D eigenvalue weighted by molar-refractivity contribution is -0.123. The standard InChI is InChI=1S/C34H44N4O/c1-23-16-24(2)29(25(3)17-23)21-31(35)34(39)37-32-12-13-36-33-28(22-38-14-8-5-9-15-38)19-27(20-30(32)33)18-26-10-6-4-7-11-26/h4,6-7,10-11,16-17,19-20,31-32,36H,5,8-9,12-15,18,21-22,35H2,1-3H3,(H,37,39)/t31-,32+/m0/s1. The van der Waals surface area contributed by atoms with Crippen LogP contribution in [0.25, 0.3) is 0 Å². The molecule has 3 aromatic carbocycles. The largest absolute Gasteiger partial charge is 0.384 e. The quantitative estimate of drug-likeness (QED) is 0.352. The maximum atomic E-state index is 13.4. The maximum Gasteiger partial charge on any atom is 0.237 e. The highest BCUT2D eigenvalue weighted by Crippen LogP contribution is 2.36. The lowest BCUT2D eigenvalue weighted by Crippen LogP contribution is -2.45. The van der Waals surface area contributed by atoms with Gasteiger partial charge in [-0.05, 0) is 105 Å². The van der Waals surface area contributed by atoms with E-state index in [1.807, 2.05) is 0 Å². The Bertz CT molecular complexity index is 1270. The van der Waals surface area contributed by atoms with Crippen molar-refractivity contribution in [3.05, 3.63) is 99.1 Å². The zero-order valence-electron chi connectivity index (χ0n) is 23.9. The second kappa shape index (κ2) is 12.4. The predicted octanol–water partition coefficient (Wildman–Crippen LogP) is 5.73. The number of rotatable bonds is 8. The fraction of sp³-hybridized carbons (Fsp3) is 0.441. The van der Waals surface area contributed by atoms with Crippen LogP contribution in [0.4, 0.5) is 5.69 Å². The summed E-state index contributed by atoms with van der Waals surface area (Å²) >= 11 is 0. The summed E-state index contributed by atoms with van der Waals surface area (Å²) in [4.78, 5) is 16.0. The van der Waals surface area contributed by atoms with Gasteiger partial charge in [0.05, 0.1) is 12.1 Å². The van der Waals surface area contributed by atoms with E-state index < -0.39 is 6.04 Å². The number of fused-ring (bicyclic) bond motifs is 1. The number of hydrogen-bond donors (Lipinski definition) is 3. The van der Waals surface area contributed by atoms with Gasteiger partial charge in [0.25, 0.3) is 0 Å². The molecule has 1 amide bonds. The third kappa shape index (κ3) is 6.71. The monoisotopic (exact) mass is 524 g/mol. The van der Waals surface area contributed by atoms with Gasteiger partial charge in [0.1, 0.15) is 0 Å². The number of nitrogens with one attached hydrogen (secondary N) is 2. The van der Waals surface area contributed by atoms with E-state index in [4.69, 9.17) is 5.73 Å². The van der Waals surface area contributed by atoms with Crippen LogP contribution in [0.3, 0.4) is 0 Å². The highest BCUT2D eigenvalue weighted by Gasteiger charge is 2.27. The van der Waals surface area contributed by atoms with Gasteiger partial charge in [-0.2, -0.15) is 0 Å². The first-order chi connectivity index (χ1) is 18.9. The number of carbonyl (C=O) groups is 1. The molecule has 5 rings (SSSR count). The van der Waals surface area contributed by atoms with Crippen LogP contribution in [-0.4, -0.2) is 36.5 Å². The summed E-state index contributed by atoms with van der Waals surface area (Å²) in [6.45, 7) is 10.4. The van der Waals surface area contributed by atoms with Crippen molar-refractivity contribution in [3.8, 4) is 0 Å². The molecule has 0 spiro atoms. The molecule has 0 aromatic heterocycles. The Labute approximate surface area is 234 Å². The minimum atomic E-state index is -0.580. The molecule has 0 radical (unpaired) electrons. The maximum absolute atomic E-state index is 13.4. The van der Waals surface area contributed by atoms with Gasteiger partial charge in [-0.15, -0.1) is 0 Å². The Morgan fingerprint density at radius 1 is 1.00 bits per heavy atom. The molecule has 1 fully saturated rings. The van der Waals surface area contributed by atoms with Crippen molar-refractivity contribution in [2.45, 2.75) is 77.9 Å². The van der Waals surface area contributed by atoms with Crippen molar-refractivity contribution in [2.75, 3.05) is 25.0 Å². The number of benzene rings is 3. The highest BCUT2D eigenvalue weighted by molar-refractivity contribution is 5.83. The van der Waals surface area contributed by atoms with E-state index in [0.717, 1.165) is 39.0 Å². The summed E-state index contributed by atoms with van der Waals surface area (Å²) in [5.74, 6) is -0.0710. The van der Waals surface area contributed by atoms with Crippen molar-refractivity contribution in [1.82, 2.24) is 10.2 Å². The van der Waals surface area contributed by atoms with Crippen LogP contribution in [0.1, 0.15) is 76.2 Å². The molecule has 2 aliphatic rings. The highest BCUT2D eigenvalue weighted by atomic mass is 16.2. The molecule has 0 aliphatic carbocycles. The molecule has 3 aromatic rings. The Kier molecular flexibility index (Phi) is 8.69. The van der Waals surface area contributed by atoms with E-state index in [1.165, 1.54) is 69.5 Å². The van der Waals surface area contributed by atoms with Crippen LogP contribution < -0.4 is 16.4 Å². The lowest BCUT2D eigenvalue weighted by Gasteiger charge is -2.33. The van der Waals surface area contributed by atoms with E-state index >= 15 is 0 Å². The normalized spacial score (nSPS) is 18.2. The molecule has 2 heterocycles. The van der Waals surface area contributed by atoms with Crippen LogP contribution in [-0.2, 0) is 24.2 Å². The van der Waals surface area contributed by atoms with E-state index in [1.54, 1.807) is 0 Å². The Balaban J connectivity index is 1.39. The third-order valence-corrected chi connectivity index (χ3v) is 8.43. The van der Waals surface area contributed by atoms with Gasteiger partial charge >= 0.3 is 0 Å². The van der Waals surface area contributed by atoms with Crippen LogP contribution in [0.5, 0.6) is 0 Å². The molecule has 206 valence electrons. The van der Waals surface area contributed by atoms with Crippen molar-refractivity contribution < 1.29 is 4.79 Å². The van der Waals surface area contributed by atoms with Crippen LogP contribution in [0, 0.1) is 20.8 Å². The fourth-order valence-electron chi connectivity index (χ4n) is 6.47. The number of amides is 1. The van der Waals surface area contributed by atoms with Gasteiger partial charge in [-0.25, -0.2) is 0 Å². The molecule has 39 heavy (non-hydrogen) atoms. The predicted molar refractivity (Wildman–Crippen MR) is 161 cm³/mol. The van der Waals surface area contributed by atoms with Crippen molar-refractivity contribution in [2.24, 2.45) is 5.73 Å². The summed E-state index contributed by atoms with van der Waals surface area (Å²) in [6, 6.07) is 19.1. The summed E-state index contributed by atoms with van der Waals surface area (Å²) in [5, 5.41) is 7.04. The molecular weight excluding hydrogens is 480 g/mol. The number of nitrogens with zero attached hydrogens (tertiary/aromatic N) is 1. The SMILES string of the molecule is Cc1cc(C)c(C[C@H](N)C(=O)N[C@@H]2CCNc3c(CN4CCCCC4)cc(Cc4ccccc4)cc32)c(C)c1. The van der Waals surface area contributed by atoms with Crippen LogP contribution in [0.15, 0.2) is 54.6 Å². The molecule has 0 saturated carbocycles. The molecular formula is C34H44N4O. The number of piperidine rings is 1. The number of hydrogen-bond acceptors (Lipinski definition) is 4. The second-order valence-corrected chi connectivity index (χ2v) is 11.7. The molecule has 5 heteroatoms. The summed E-state index contributed by atoms with van der Waals surface area (Å²) in [5.41, 5.74) is 17.7. The first kappa shape index (κ1) is 27.4. The van der Waals surface area contributed by atoms with E-state index in [9.17, 15) is 4.79 Å². The van der Waals surface area contributed by atoms with E-state index in [0.29, 0.717) is 6.42 Å². The molecule has 2 atom stereocenters. The topological polar surface area (TPSA) is 70.4 Å². The minimum absolute atomic E-state index is 0.0455. The Morgan fingerprint density at radius 2 is 1.72 bits per heavy atom. The number of nitrogens with two attached hydrogens (primary N) is 1. The van der Waals surface area contributed by atoms with Crippen molar-refractivity contribution >= 4 is 11.6 Å². The molecule has 0 unspecified atom stereocenters. The Morgan fingerprint density at radius 3 is 2.44 bits per heavy atom. The van der Waals surface area contributed by atoms with Crippen LogP contribution in [0.2, 0.25) is 0 Å². The smallest absolute Gasteiger partial charge is 0.237 e. The number of carbonyl (C=O) groups excluding carboxylic acids is 1. The Hall–Kier alpha value is -3.15. The molecule has 0 bridgehead atoms. The van der Waals surface area contributed by atoms with Crippen LogP contribution >= 0.6 is 0 Å². The average Bonchev–Trinajstić information content (AvgIpc) is 2.92. The van der Waals surface area contributed by atoms with E-state index in [2.05, 4.69) is 90.9 Å². The molecule has 1 saturated heterocycles. The lowest BCUT2D eigenvalue weighted by atomic mass is 9.89. The number of anilines is 1. The first-order valence-electron chi connectivity index (χ1n) is 14.7. The fourth-order valence-corrected chi connectivity index (χ4v) is 6.47. The van der Waals surface area contributed by atoms with Gasteiger partial charge < -0.3 is 16.4 Å². The summed E-state index contributed by atoms with van der Waals surface area (Å²) < 4.78 is 0. The minimum Gasteiger partial charge on any atom is -0.384 e. The molecule has 5 nitrogen and oxygen atoms in total. The number of likely N-dealkylation sites (tertiary alicyclic amines) is 1. The molecule has 2 aliphatic heterocycles. The van der Waals surface area contributed by atoms with Crippen molar-refractivity contribution in [1.29, 1.82) is 0 Å². The summed E-state index contributed by atoms with van der Waals surface area (Å²) in [7, 11) is 0. The summed E-state index contributed by atoms with van der Waals surface area (Å²) in [6.07, 6.45) is 6.16. The van der Waals surface area contributed by atoms with Gasteiger partial charge in [0.2, 0.25) is 5.91 Å². The van der Waals surface area contributed by atoms with Gasteiger partial charge in [-0.1, -0.05) is 66.6 Å².